The third-order valence-corrected chi connectivity index (χ3v) is 9.62. The molecule has 1 saturated heterocycles. The molecule has 0 saturated carbocycles. The minimum Gasteiger partial charge on any atom is -0.506 e. The summed E-state index contributed by atoms with van der Waals surface area (Å²) in [5, 5.41) is 39.5. The Kier molecular flexibility index (Phi) is 12.4. The fourth-order valence-corrected chi connectivity index (χ4v) is 6.70. The number of nitrogens with zero attached hydrogens (tertiary/aromatic N) is 1. The number of likely N-dealkylation sites (tertiary alicyclic amines) is 1. The molecule has 1 aromatic heterocycles. The van der Waals surface area contributed by atoms with Crippen molar-refractivity contribution in [2.75, 3.05) is 39.8 Å². The Hall–Kier alpha value is -5.53. The van der Waals surface area contributed by atoms with Crippen molar-refractivity contribution < 1.29 is 34.4 Å². The molecule has 1 amide bonds. The lowest BCUT2D eigenvalue weighted by atomic mass is 9.86. The van der Waals surface area contributed by atoms with Crippen LogP contribution in [0.1, 0.15) is 58.0 Å². The summed E-state index contributed by atoms with van der Waals surface area (Å²) in [7, 11) is 1.99. The van der Waals surface area contributed by atoms with Crippen molar-refractivity contribution in [1.29, 1.82) is 0 Å². The number of rotatable bonds is 15. The summed E-state index contributed by atoms with van der Waals surface area (Å²) >= 11 is 0. The monoisotopic (exact) mass is 734 g/mol. The van der Waals surface area contributed by atoms with Crippen molar-refractivity contribution in [2.45, 2.75) is 43.6 Å². The number of esters is 1. The van der Waals surface area contributed by atoms with E-state index in [0.717, 1.165) is 24.9 Å². The van der Waals surface area contributed by atoms with Gasteiger partial charge in [-0.15, -0.1) is 0 Å². The van der Waals surface area contributed by atoms with Gasteiger partial charge in [0.1, 0.15) is 17.6 Å². The average molecular weight is 735 g/mol. The van der Waals surface area contributed by atoms with Gasteiger partial charge in [0.05, 0.1) is 18.2 Å². The number of piperidine rings is 1. The first kappa shape index (κ1) is 38.2. The van der Waals surface area contributed by atoms with E-state index in [1.165, 1.54) is 12.1 Å². The second-order valence-electron chi connectivity index (χ2n) is 13.6. The van der Waals surface area contributed by atoms with Crippen LogP contribution in [-0.2, 0) is 21.7 Å². The molecule has 1 aliphatic rings. The highest BCUT2D eigenvalue weighted by molar-refractivity contribution is 5.94. The largest absolute Gasteiger partial charge is 0.506 e. The fraction of sp³-hybridized carbons (Fsp3) is 0.310. The van der Waals surface area contributed by atoms with E-state index in [1.54, 1.807) is 72.8 Å². The first-order valence-corrected chi connectivity index (χ1v) is 18.1. The van der Waals surface area contributed by atoms with Gasteiger partial charge in [-0.05, 0) is 85.9 Å². The number of phenols is 1. The third kappa shape index (κ3) is 9.15. The maximum atomic E-state index is 13.6. The predicted octanol–water partition coefficient (Wildman–Crippen LogP) is 4.13. The van der Waals surface area contributed by atoms with Crippen LogP contribution in [0.4, 0.5) is 0 Å². The molecule has 0 unspecified atom stereocenters. The van der Waals surface area contributed by atoms with Gasteiger partial charge in [-0.3, -0.25) is 9.59 Å². The highest BCUT2D eigenvalue weighted by atomic mass is 16.6. The topological polar surface area (TPSA) is 173 Å². The highest BCUT2D eigenvalue weighted by Gasteiger charge is 2.43. The zero-order valence-electron chi connectivity index (χ0n) is 30.2. The molecule has 1 aliphatic heterocycles. The molecule has 1 fully saturated rings. The molecule has 6 rings (SSSR count). The van der Waals surface area contributed by atoms with Gasteiger partial charge in [-0.25, -0.2) is 4.79 Å². The van der Waals surface area contributed by atoms with E-state index < -0.39 is 17.7 Å². The zero-order chi connectivity index (χ0) is 38.1. The Labute approximate surface area is 313 Å². The number of ether oxygens (including phenoxy) is 2. The molecule has 4 aromatic carbocycles. The first-order chi connectivity index (χ1) is 26.1. The van der Waals surface area contributed by atoms with Crippen molar-refractivity contribution in [2.24, 2.45) is 0 Å². The van der Waals surface area contributed by atoms with E-state index in [1.807, 2.05) is 25.2 Å². The summed E-state index contributed by atoms with van der Waals surface area (Å²) in [4.78, 5) is 42.8. The number of pyridine rings is 1. The Bertz CT molecular complexity index is 2110. The summed E-state index contributed by atoms with van der Waals surface area (Å²) in [6, 6.07) is 28.7. The summed E-state index contributed by atoms with van der Waals surface area (Å²) < 4.78 is 11.8. The maximum absolute atomic E-state index is 13.6. The van der Waals surface area contributed by atoms with Crippen molar-refractivity contribution in [1.82, 2.24) is 20.5 Å². The van der Waals surface area contributed by atoms with Crippen molar-refractivity contribution in [3.63, 3.8) is 0 Å². The second-order valence-corrected chi connectivity index (χ2v) is 13.6. The number of likely N-dealkylation sites (N-methyl/N-ethyl adjacent to an activating group) is 1. The molecule has 0 bridgehead atoms. The molecule has 5 aromatic rings. The van der Waals surface area contributed by atoms with E-state index in [2.05, 4.69) is 20.5 Å². The molecule has 12 nitrogen and oxygen atoms in total. The molecule has 54 heavy (non-hydrogen) atoms. The van der Waals surface area contributed by atoms with E-state index >= 15 is 0 Å². The van der Waals surface area contributed by atoms with Gasteiger partial charge >= 0.3 is 5.97 Å². The lowest BCUT2D eigenvalue weighted by Crippen LogP contribution is -2.44. The van der Waals surface area contributed by atoms with Crippen LogP contribution >= 0.6 is 0 Å². The number of amides is 1. The lowest BCUT2D eigenvalue weighted by Gasteiger charge is -2.33. The normalized spacial score (nSPS) is 16.3. The smallest absolute Gasteiger partial charge is 0.348 e. The number of aromatic nitrogens is 1. The molecular formula is C42H46N4O8. The number of aromatic hydroxyl groups is 1. The number of carbonyl (C=O) groups is 2. The molecule has 2 heterocycles. The van der Waals surface area contributed by atoms with Crippen molar-refractivity contribution in [3.8, 4) is 11.5 Å². The molecular weight excluding hydrogens is 688 g/mol. The Morgan fingerprint density at radius 1 is 0.981 bits per heavy atom. The molecule has 282 valence electrons. The van der Waals surface area contributed by atoms with Gasteiger partial charge in [-0.1, -0.05) is 60.7 Å². The van der Waals surface area contributed by atoms with Crippen LogP contribution < -0.4 is 20.9 Å². The Morgan fingerprint density at radius 2 is 1.76 bits per heavy atom. The van der Waals surface area contributed by atoms with Gasteiger partial charge < -0.3 is 45.3 Å². The van der Waals surface area contributed by atoms with E-state index in [0.29, 0.717) is 66.1 Å². The number of H-pyrrole nitrogens is 1. The van der Waals surface area contributed by atoms with Crippen LogP contribution in [0, 0.1) is 0 Å². The SMILES string of the molecule is CN1CCC[C@@H](OC(=O)[C@](O)(c2ccccc2)c2cccc(OCCCNC(=O)c3ccc(CNC[C@H](O)c4ccc(O)c5[nH]c(=O)ccc45)cc3)c2)C1. The second kappa shape index (κ2) is 17.5. The Balaban J connectivity index is 0.966. The van der Waals surface area contributed by atoms with E-state index in [-0.39, 0.29) is 35.4 Å². The highest BCUT2D eigenvalue weighted by Crippen LogP contribution is 2.34. The van der Waals surface area contributed by atoms with Gasteiger partial charge in [0.15, 0.2) is 0 Å². The summed E-state index contributed by atoms with van der Waals surface area (Å²) in [5.41, 5.74) is 0.659. The van der Waals surface area contributed by atoms with Crippen LogP contribution in [0.2, 0.25) is 0 Å². The number of hydrogen-bond acceptors (Lipinski definition) is 10. The van der Waals surface area contributed by atoms with Crippen LogP contribution in [0.3, 0.4) is 0 Å². The number of phenolic OH excluding ortho intramolecular Hbond substituents is 1. The maximum Gasteiger partial charge on any atom is 0.348 e. The van der Waals surface area contributed by atoms with Gasteiger partial charge in [-0.2, -0.15) is 0 Å². The van der Waals surface area contributed by atoms with Crippen molar-refractivity contribution >= 4 is 22.8 Å². The average Bonchev–Trinajstić information content (AvgIpc) is 3.18. The minimum atomic E-state index is -2.02. The molecule has 3 atom stereocenters. The molecule has 12 heteroatoms. The number of nitrogens with one attached hydrogen (secondary N) is 3. The van der Waals surface area contributed by atoms with Gasteiger partial charge in [0.25, 0.3) is 5.91 Å². The zero-order valence-corrected chi connectivity index (χ0v) is 30.2. The molecule has 0 aliphatic carbocycles. The standard InChI is InChI=1S/C42H46N4O8/c1-46-22-6-12-33(27-46)54-41(51)42(52,30-8-3-2-4-9-30)31-10-5-11-32(24-31)53-23-7-21-44-40(50)29-15-13-28(14-16-29)25-43-26-37(48)34-17-19-36(47)39-35(34)18-20-38(49)45-39/h2-5,8-11,13-20,24,33,37,43,47-48,52H,6-7,12,21-23,25-27H2,1H3,(H,44,50)(H,45,49)/t33-,37+,42+/m1/s1. The molecule has 0 spiro atoms. The first-order valence-electron chi connectivity index (χ1n) is 18.1. The summed E-state index contributed by atoms with van der Waals surface area (Å²) in [5.74, 6) is -0.539. The van der Waals surface area contributed by atoms with Crippen LogP contribution in [0.25, 0.3) is 10.9 Å². The molecule has 0 radical (unpaired) electrons. The minimum absolute atomic E-state index is 0.0663. The number of fused-ring (bicyclic) bond motifs is 1. The van der Waals surface area contributed by atoms with Gasteiger partial charge in [0.2, 0.25) is 11.2 Å². The molecule has 6 N–H and O–H groups in total. The lowest BCUT2D eigenvalue weighted by molar-refractivity contribution is -0.170. The number of aliphatic hydroxyl groups excluding tert-OH is 1. The number of aromatic amines is 1. The van der Waals surface area contributed by atoms with E-state index in [4.69, 9.17) is 9.47 Å². The predicted molar refractivity (Wildman–Crippen MR) is 204 cm³/mol. The summed E-state index contributed by atoms with van der Waals surface area (Å²) in [6.45, 7) is 2.89. The summed E-state index contributed by atoms with van der Waals surface area (Å²) in [6.07, 6.45) is 0.981. The van der Waals surface area contributed by atoms with E-state index in [9.17, 15) is 29.7 Å². The number of carbonyl (C=O) groups excluding carboxylic acids is 2. The fourth-order valence-electron chi connectivity index (χ4n) is 6.70. The van der Waals surface area contributed by atoms with Crippen molar-refractivity contribution in [3.05, 3.63) is 141 Å². The quantitative estimate of drug-likeness (QED) is 0.0679. The van der Waals surface area contributed by atoms with Crippen LogP contribution in [-0.4, -0.2) is 83.0 Å². The van der Waals surface area contributed by atoms with Gasteiger partial charge in [0, 0.05) is 48.8 Å². The third-order valence-electron chi connectivity index (χ3n) is 9.62. The number of hydrogen-bond donors (Lipinski definition) is 6. The number of benzene rings is 4. The number of aliphatic hydroxyl groups is 2. The van der Waals surface area contributed by atoms with Crippen LogP contribution in [0.5, 0.6) is 11.5 Å². The van der Waals surface area contributed by atoms with Crippen LogP contribution in [0.15, 0.2) is 108 Å². The Morgan fingerprint density at radius 3 is 2.54 bits per heavy atom.